The lowest BCUT2D eigenvalue weighted by atomic mass is 9.76. The lowest BCUT2D eigenvalue weighted by Gasteiger charge is -2.30. The molecule has 0 fully saturated rings. The molecule has 0 aliphatic carbocycles. The number of carbonyl (C=O) groups excluding carboxylic acids is 2. The summed E-state index contributed by atoms with van der Waals surface area (Å²) < 4.78 is 4.50. The van der Waals surface area contributed by atoms with Gasteiger partial charge in [-0.15, -0.1) is 0 Å². The molecule has 0 heterocycles. The van der Waals surface area contributed by atoms with Crippen molar-refractivity contribution in [2.75, 3.05) is 20.2 Å². The molecule has 0 aliphatic rings. The molecule has 0 aromatic carbocycles. The largest absolute Gasteiger partial charge is 0.469 e. The molecule has 0 radical (unpaired) electrons. The van der Waals surface area contributed by atoms with E-state index in [1.807, 2.05) is 0 Å². The fraction of sp³-hybridized carbons (Fsp3) is 0.857. The number of esters is 1. The number of hydrogen-bond donors (Lipinski definition) is 2. The number of methoxy groups -OCH3 is 1. The predicted octanol–water partition coefficient (Wildman–Crippen LogP) is 1.46. The van der Waals surface area contributed by atoms with Gasteiger partial charge in [-0.1, -0.05) is 20.8 Å². The molecular weight excluding hydrogens is 244 g/mol. The maximum Gasteiger partial charge on any atom is 0.307 e. The van der Waals surface area contributed by atoms with E-state index in [1.54, 1.807) is 0 Å². The zero-order valence-corrected chi connectivity index (χ0v) is 12.6. The first-order valence-corrected chi connectivity index (χ1v) is 6.84. The average molecular weight is 272 g/mol. The summed E-state index contributed by atoms with van der Waals surface area (Å²) in [5.74, 6) is 0.107. The second kappa shape index (κ2) is 8.91. The van der Waals surface area contributed by atoms with Crippen molar-refractivity contribution in [1.29, 1.82) is 0 Å². The number of nitrogens with two attached hydrogens (primary N) is 1. The molecule has 0 aromatic rings. The number of carbonyl (C=O) groups is 2. The molecule has 0 aliphatic heterocycles. The Balaban J connectivity index is 3.95. The summed E-state index contributed by atoms with van der Waals surface area (Å²) in [5, 5.41) is 2.73. The Morgan fingerprint density at radius 1 is 1.21 bits per heavy atom. The van der Waals surface area contributed by atoms with Crippen LogP contribution < -0.4 is 11.1 Å². The van der Waals surface area contributed by atoms with Gasteiger partial charge < -0.3 is 15.8 Å². The normalized spacial score (nSPS) is 12.9. The quantitative estimate of drug-likeness (QED) is 0.655. The third-order valence-corrected chi connectivity index (χ3v) is 3.34. The molecule has 1 unspecified atom stereocenters. The molecule has 1 atom stereocenters. The molecule has 0 saturated heterocycles. The molecule has 0 bridgehead atoms. The van der Waals surface area contributed by atoms with E-state index in [2.05, 4.69) is 30.8 Å². The lowest BCUT2D eigenvalue weighted by Crippen LogP contribution is -2.29. The average Bonchev–Trinajstić information content (AvgIpc) is 2.32. The van der Waals surface area contributed by atoms with E-state index in [1.165, 1.54) is 7.11 Å². The van der Waals surface area contributed by atoms with Crippen LogP contribution in [-0.2, 0) is 14.3 Å². The molecule has 0 spiro atoms. The first-order chi connectivity index (χ1) is 8.81. The maximum absolute atomic E-state index is 11.7. The van der Waals surface area contributed by atoms with E-state index in [4.69, 9.17) is 5.73 Å². The Hall–Kier alpha value is -1.10. The van der Waals surface area contributed by atoms with Gasteiger partial charge in [0.15, 0.2) is 0 Å². The molecule has 1 amide bonds. The number of ether oxygens (including phenoxy) is 1. The molecule has 19 heavy (non-hydrogen) atoms. The van der Waals surface area contributed by atoms with Gasteiger partial charge in [0, 0.05) is 13.0 Å². The summed E-state index contributed by atoms with van der Waals surface area (Å²) in [6.07, 6.45) is 2.44. The predicted molar refractivity (Wildman–Crippen MR) is 75.5 cm³/mol. The van der Waals surface area contributed by atoms with Crippen LogP contribution in [0.3, 0.4) is 0 Å². The van der Waals surface area contributed by atoms with Crippen molar-refractivity contribution < 1.29 is 14.3 Å². The number of amides is 1. The monoisotopic (exact) mass is 272 g/mol. The first-order valence-electron chi connectivity index (χ1n) is 6.84. The molecule has 112 valence electrons. The van der Waals surface area contributed by atoms with E-state index in [9.17, 15) is 9.59 Å². The Bertz CT molecular complexity index is 285. The molecular formula is C14H28N2O3. The third-order valence-electron chi connectivity index (χ3n) is 3.34. The van der Waals surface area contributed by atoms with Crippen molar-refractivity contribution >= 4 is 11.9 Å². The highest BCUT2D eigenvalue weighted by Gasteiger charge is 2.24. The zero-order valence-electron chi connectivity index (χ0n) is 12.6. The molecule has 0 rings (SSSR count). The van der Waals surface area contributed by atoms with Gasteiger partial charge in [-0.25, -0.2) is 0 Å². The Kier molecular flexibility index (Phi) is 8.39. The minimum atomic E-state index is -0.309. The van der Waals surface area contributed by atoms with E-state index < -0.39 is 0 Å². The van der Waals surface area contributed by atoms with Gasteiger partial charge >= 0.3 is 5.97 Å². The lowest BCUT2D eigenvalue weighted by molar-refractivity contribution is -0.140. The number of rotatable bonds is 8. The second-order valence-electron chi connectivity index (χ2n) is 5.86. The van der Waals surface area contributed by atoms with Crippen LogP contribution in [0, 0.1) is 11.3 Å². The van der Waals surface area contributed by atoms with Gasteiger partial charge in [0.1, 0.15) is 0 Å². The van der Waals surface area contributed by atoms with Crippen molar-refractivity contribution in [2.24, 2.45) is 17.1 Å². The van der Waals surface area contributed by atoms with Crippen LogP contribution in [0.4, 0.5) is 0 Å². The minimum Gasteiger partial charge on any atom is -0.469 e. The summed E-state index contributed by atoms with van der Waals surface area (Å²) in [6.45, 7) is 7.49. The van der Waals surface area contributed by atoms with Crippen molar-refractivity contribution in [1.82, 2.24) is 5.32 Å². The van der Waals surface area contributed by atoms with Crippen LogP contribution in [0.2, 0.25) is 0 Å². The van der Waals surface area contributed by atoms with Crippen LogP contribution in [-0.4, -0.2) is 32.1 Å². The highest BCUT2D eigenvalue weighted by Crippen LogP contribution is 2.31. The summed E-state index contributed by atoms with van der Waals surface area (Å²) in [5.41, 5.74) is 5.77. The van der Waals surface area contributed by atoms with Crippen LogP contribution in [0.1, 0.15) is 46.5 Å². The van der Waals surface area contributed by atoms with Crippen LogP contribution in [0.15, 0.2) is 0 Å². The Morgan fingerprint density at radius 2 is 1.84 bits per heavy atom. The molecule has 0 aromatic heterocycles. The van der Waals surface area contributed by atoms with Gasteiger partial charge in [-0.2, -0.15) is 0 Å². The van der Waals surface area contributed by atoms with Gasteiger partial charge in [0.2, 0.25) is 5.91 Å². The minimum absolute atomic E-state index is 0.0184. The van der Waals surface area contributed by atoms with E-state index in [0.717, 1.165) is 12.8 Å². The number of nitrogens with one attached hydrogen (secondary N) is 1. The van der Waals surface area contributed by atoms with Gasteiger partial charge in [-0.05, 0) is 30.7 Å². The van der Waals surface area contributed by atoms with Crippen LogP contribution >= 0.6 is 0 Å². The smallest absolute Gasteiger partial charge is 0.307 e. The zero-order chi connectivity index (χ0) is 14.9. The first kappa shape index (κ1) is 17.9. The van der Waals surface area contributed by atoms with Gasteiger partial charge in [0.05, 0.1) is 13.5 Å². The Labute approximate surface area is 116 Å². The molecule has 5 nitrogen and oxygen atoms in total. The topological polar surface area (TPSA) is 81.4 Å². The molecule has 3 N–H and O–H groups in total. The van der Waals surface area contributed by atoms with Crippen LogP contribution in [0.5, 0.6) is 0 Å². The van der Waals surface area contributed by atoms with E-state index >= 15 is 0 Å². The standard InChI is InChI=1S/C14H28N2O3/c1-14(2,3)11(7-9-15)5-6-12(17)16-10-8-13(18)19-4/h11H,5-10,15H2,1-4H3,(H,16,17). The summed E-state index contributed by atoms with van der Waals surface area (Å²) in [6, 6.07) is 0. The third kappa shape index (κ3) is 8.59. The van der Waals surface area contributed by atoms with Crippen molar-refractivity contribution in [3.8, 4) is 0 Å². The summed E-state index contributed by atoms with van der Waals surface area (Å²) in [4.78, 5) is 22.5. The molecule has 0 saturated carbocycles. The fourth-order valence-corrected chi connectivity index (χ4v) is 2.01. The van der Waals surface area contributed by atoms with Crippen molar-refractivity contribution in [3.05, 3.63) is 0 Å². The van der Waals surface area contributed by atoms with Gasteiger partial charge in [0.25, 0.3) is 0 Å². The summed E-state index contributed by atoms with van der Waals surface area (Å²) >= 11 is 0. The SMILES string of the molecule is COC(=O)CCNC(=O)CCC(CCN)C(C)(C)C. The van der Waals surface area contributed by atoms with E-state index in [-0.39, 0.29) is 23.7 Å². The fourth-order valence-electron chi connectivity index (χ4n) is 2.01. The van der Waals surface area contributed by atoms with Crippen molar-refractivity contribution in [2.45, 2.75) is 46.5 Å². The number of hydrogen-bond acceptors (Lipinski definition) is 4. The highest BCUT2D eigenvalue weighted by molar-refractivity contribution is 5.77. The van der Waals surface area contributed by atoms with Crippen molar-refractivity contribution in [3.63, 3.8) is 0 Å². The second-order valence-corrected chi connectivity index (χ2v) is 5.86. The van der Waals surface area contributed by atoms with E-state index in [0.29, 0.717) is 25.4 Å². The maximum atomic E-state index is 11.7. The van der Waals surface area contributed by atoms with Gasteiger partial charge in [-0.3, -0.25) is 9.59 Å². The summed E-state index contributed by atoms with van der Waals surface area (Å²) in [7, 11) is 1.34. The Morgan fingerprint density at radius 3 is 2.32 bits per heavy atom. The molecule has 5 heteroatoms. The van der Waals surface area contributed by atoms with Crippen LogP contribution in [0.25, 0.3) is 0 Å². The highest BCUT2D eigenvalue weighted by atomic mass is 16.5.